The van der Waals surface area contributed by atoms with Crippen molar-refractivity contribution in [1.82, 2.24) is 0 Å². The first-order valence-corrected chi connectivity index (χ1v) is 5.97. The Labute approximate surface area is 110 Å². The molecule has 0 heterocycles. The van der Waals surface area contributed by atoms with Crippen molar-refractivity contribution in [3.63, 3.8) is 0 Å². The van der Waals surface area contributed by atoms with Crippen LogP contribution in [0.25, 0.3) is 0 Å². The van der Waals surface area contributed by atoms with Gasteiger partial charge in [-0.3, -0.25) is 0 Å². The third-order valence-corrected chi connectivity index (χ3v) is 2.87. The van der Waals surface area contributed by atoms with E-state index in [2.05, 4.69) is 0 Å². The summed E-state index contributed by atoms with van der Waals surface area (Å²) in [5.74, 6) is -0.561. The zero-order chi connectivity index (χ0) is 13.8. The first kappa shape index (κ1) is 13.5. The highest BCUT2D eigenvalue weighted by molar-refractivity contribution is 5.32. The minimum atomic E-state index is -0.652. The van der Waals surface area contributed by atoms with Crippen LogP contribution in [0.4, 0.5) is 8.78 Å². The number of hydrogen-bond acceptors (Lipinski definition) is 2. The molecule has 0 radical (unpaired) electrons. The molecule has 2 aromatic rings. The fourth-order valence-corrected chi connectivity index (χ4v) is 1.79. The van der Waals surface area contributed by atoms with E-state index >= 15 is 0 Å². The molecule has 2 nitrogen and oxygen atoms in total. The van der Waals surface area contributed by atoms with Crippen LogP contribution in [0.5, 0.6) is 5.75 Å². The molecule has 0 bridgehead atoms. The first-order chi connectivity index (χ1) is 9.08. The number of aryl methyl sites for hydroxylation is 1. The molecule has 1 atom stereocenters. The van der Waals surface area contributed by atoms with Gasteiger partial charge in [-0.25, -0.2) is 8.78 Å². The number of halogens is 2. The van der Waals surface area contributed by atoms with Crippen LogP contribution in [-0.4, -0.2) is 6.61 Å². The topological polar surface area (TPSA) is 35.2 Å². The zero-order valence-corrected chi connectivity index (χ0v) is 10.6. The van der Waals surface area contributed by atoms with Crippen LogP contribution in [0.15, 0.2) is 42.5 Å². The summed E-state index contributed by atoms with van der Waals surface area (Å²) in [6.07, 6.45) is 0. The standard InChI is InChI=1S/C15H15F2NO/c1-10-4-2-3-5-15(10)19-9-14(18)12-7-6-11(16)8-13(12)17/h2-8,14H,9,18H2,1H3. The molecular formula is C15H15F2NO. The summed E-state index contributed by atoms with van der Waals surface area (Å²) < 4.78 is 31.9. The van der Waals surface area contributed by atoms with Crippen LogP contribution in [0.3, 0.4) is 0 Å². The SMILES string of the molecule is Cc1ccccc1OCC(N)c1ccc(F)cc1F. The molecule has 0 fully saturated rings. The monoisotopic (exact) mass is 263 g/mol. The predicted octanol–water partition coefficient (Wildman–Crippen LogP) is 3.35. The highest BCUT2D eigenvalue weighted by Crippen LogP contribution is 2.20. The Morgan fingerprint density at radius 1 is 1.16 bits per heavy atom. The Bertz CT molecular complexity index is 572. The lowest BCUT2D eigenvalue weighted by Gasteiger charge is -2.15. The van der Waals surface area contributed by atoms with Crippen LogP contribution in [0, 0.1) is 18.6 Å². The summed E-state index contributed by atoms with van der Waals surface area (Å²) in [6, 6.07) is 10.2. The Kier molecular flexibility index (Phi) is 4.12. The number of rotatable bonds is 4. The smallest absolute Gasteiger partial charge is 0.131 e. The van der Waals surface area contributed by atoms with Crippen molar-refractivity contribution < 1.29 is 13.5 Å². The molecule has 4 heteroatoms. The molecule has 0 spiro atoms. The molecule has 2 aromatic carbocycles. The van der Waals surface area contributed by atoms with Crippen molar-refractivity contribution in [1.29, 1.82) is 0 Å². The van der Waals surface area contributed by atoms with Crippen molar-refractivity contribution in [2.75, 3.05) is 6.61 Å². The van der Waals surface area contributed by atoms with Crippen LogP contribution in [0.1, 0.15) is 17.2 Å². The van der Waals surface area contributed by atoms with Gasteiger partial charge >= 0.3 is 0 Å². The summed E-state index contributed by atoms with van der Waals surface area (Å²) in [6.45, 7) is 2.05. The molecule has 2 N–H and O–H groups in total. The Morgan fingerprint density at radius 3 is 2.58 bits per heavy atom. The number of benzene rings is 2. The lowest BCUT2D eigenvalue weighted by molar-refractivity contribution is 0.286. The van der Waals surface area contributed by atoms with Gasteiger partial charge in [-0.2, -0.15) is 0 Å². The summed E-state index contributed by atoms with van der Waals surface area (Å²) in [5, 5.41) is 0. The molecular weight excluding hydrogens is 248 g/mol. The van der Waals surface area contributed by atoms with E-state index in [-0.39, 0.29) is 12.2 Å². The van der Waals surface area contributed by atoms with Crippen molar-refractivity contribution in [3.8, 4) is 5.75 Å². The number of hydrogen-bond donors (Lipinski definition) is 1. The molecule has 0 aliphatic carbocycles. The average molecular weight is 263 g/mol. The fraction of sp³-hybridized carbons (Fsp3) is 0.200. The number of ether oxygens (including phenoxy) is 1. The lowest BCUT2D eigenvalue weighted by atomic mass is 10.1. The highest BCUT2D eigenvalue weighted by atomic mass is 19.1. The van der Waals surface area contributed by atoms with E-state index in [1.165, 1.54) is 12.1 Å². The second-order valence-corrected chi connectivity index (χ2v) is 4.35. The summed E-state index contributed by atoms with van der Waals surface area (Å²) in [7, 11) is 0. The van der Waals surface area contributed by atoms with E-state index in [0.717, 1.165) is 11.6 Å². The van der Waals surface area contributed by atoms with Crippen LogP contribution in [0.2, 0.25) is 0 Å². The highest BCUT2D eigenvalue weighted by Gasteiger charge is 2.13. The van der Waals surface area contributed by atoms with Crippen LogP contribution >= 0.6 is 0 Å². The predicted molar refractivity (Wildman–Crippen MR) is 70.0 cm³/mol. The van der Waals surface area contributed by atoms with Crippen LogP contribution in [-0.2, 0) is 0 Å². The van der Waals surface area contributed by atoms with Gasteiger partial charge in [0.2, 0.25) is 0 Å². The van der Waals surface area contributed by atoms with Gasteiger partial charge < -0.3 is 10.5 Å². The van der Waals surface area contributed by atoms with E-state index in [1.54, 1.807) is 0 Å². The maximum absolute atomic E-state index is 13.5. The largest absolute Gasteiger partial charge is 0.491 e. The molecule has 0 aromatic heterocycles. The van der Waals surface area contributed by atoms with E-state index < -0.39 is 17.7 Å². The van der Waals surface area contributed by atoms with Gasteiger partial charge in [0.25, 0.3) is 0 Å². The molecule has 0 amide bonds. The molecule has 0 aliphatic rings. The van der Waals surface area contributed by atoms with Crippen molar-refractivity contribution >= 4 is 0 Å². The molecule has 0 aliphatic heterocycles. The van der Waals surface area contributed by atoms with Gasteiger partial charge in [-0.1, -0.05) is 24.3 Å². The summed E-state index contributed by atoms with van der Waals surface area (Å²) in [4.78, 5) is 0. The second-order valence-electron chi connectivity index (χ2n) is 4.35. The van der Waals surface area contributed by atoms with E-state index in [4.69, 9.17) is 10.5 Å². The molecule has 0 saturated heterocycles. The minimum absolute atomic E-state index is 0.132. The maximum Gasteiger partial charge on any atom is 0.131 e. The van der Waals surface area contributed by atoms with Gasteiger partial charge in [-0.15, -0.1) is 0 Å². The van der Waals surface area contributed by atoms with E-state index in [0.29, 0.717) is 5.75 Å². The van der Waals surface area contributed by atoms with E-state index in [9.17, 15) is 8.78 Å². The third kappa shape index (κ3) is 3.29. The van der Waals surface area contributed by atoms with Crippen molar-refractivity contribution in [3.05, 3.63) is 65.2 Å². The molecule has 2 rings (SSSR count). The van der Waals surface area contributed by atoms with Gasteiger partial charge in [0.1, 0.15) is 24.0 Å². The maximum atomic E-state index is 13.5. The second kappa shape index (κ2) is 5.80. The molecule has 1 unspecified atom stereocenters. The number of para-hydroxylation sites is 1. The zero-order valence-electron chi connectivity index (χ0n) is 10.6. The summed E-state index contributed by atoms with van der Waals surface area (Å²) in [5.41, 5.74) is 7.08. The van der Waals surface area contributed by atoms with Crippen molar-refractivity contribution in [2.45, 2.75) is 13.0 Å². The Hall–Kier alpha value is -1.94. The summed E-state index contributed by atoms with van der Waals surface area (Å²) >= 11 is 0. The molecule has 19 heavy (non-hydrogen) atoms. The quantitative estimate of drug-likeness (QED) is 0.918. The molecule has 100 valence electrons. The van der Waals surface area contributed by atoms with Crippen LogP contribution < -0.4 is 10.5 Å². The number of nitrogens with two attached hydrogens (primary N) is 1. The minimum Gasteiger partial charge on any atom is -0.491 e. The fourth-order valence-electron chi connectivity index (χ4n) is 1.79. The Morgan fingerprint density at radius 2 is 1.89 bits per heavy atom. The lowest BCUT2D eigenvalue weighted by Crippen LogP contribution is -2.20. The first-order valence-electron chi connectivity index (χ1n) is 5.97. The van der Waals surface area contributed by atoms with E-state index in [1.807, 2.05) is 31.2 Å². The average Bonchev–Trinajstić information content (AvgIpc) is 2.37. The van der Waals surface area contributed by atoms with Crippen molar-refractivity contribution in [2.24, 2.45) is 5.73 Å². The van der Waals surface area contributed by atoms with Gasteiger partial charge in [0.05, 0.1) is 6.04 Å². The van der Waals surface area contributed by atoms with Gasteiger partial charge in [0.15, 0.2) is 0 Å². The normalized spacial score (nSPS) is 12.2. The van der Waals surface area contributed by atoms with Gasteiger partial charge in [-0.05, 0) is 24.6 Å². The third-order valence-electron chi connectivity index (χ3n) is 2.87. The Balaban J connectivity index is 2.05. The molecule has 0 saturated carbocycles. The van der Waals surface area contributed by atoms with Gasteiger partial charge in [0, 0.05) is 11.6 Å².